The van der Waals surface area contributed by atoms with Crippen LogP contribution in [0.25, 0.3) is 0 Å². The van der Waals surface area contributed by atoms with Gasteiger partial charge in [-0.05, 0) is 64.2 Å². The van der Waals surface area contributed by atoms with E-state index in [0.29, 0.717) is 12.8 Å². The monoisotopic (exact) mass is 826 g/mol. The molecule has 0 aromatic heterocycles. The number of nitrogens with two attached hydrogens (primary N) is 1. The van der Waals surface area contributed by atoms with E-state index in [1.807, 2.05) is 0 Å². The highest BCUT2D eigenvalue weighted by Gasteiger charge is 2.26. The summed E-state index contributed by atoms with van der Waals surface area (Å²) in [7, 11) is -4.38. The Morgan fingerprint density at radius 3 is 1.37 bits per heavy atom. The molecule has 0 saturated heterocycles. The molecule has 9 nitrogen and oxygen atoms in total. The van der Waals surface area contributed by atoms with Crippen molar-refractivity contribution in [2.45, 2.75) is 225 Å². The van der Waals surface area contributed by atoms with E-state index in [0.717, 1.165) is 57.8 Å². The van der Waals surface area contributed by atoms with E-state index in [1.54, 1.807) is 0 Å². The van der Waals surface area contributed by atoms with Crippen LogP contribution in [0, 0.1) is 0 Å². The minimum Gasteiger partial charge on any atom is -0.462 e. The van der Waals surface area contributed by atoms with Gasteiger partial charge in [-0.25, -0.2) is 4.57 Å². The van der Waals surface area contributed by atoms with Crippen LogP contribution in [0.3, 0.4) is 0 Å². The van der Waals surface area contributed by atoms with E-state index in [9.17, 15) is 19.0 Å². The molecule has 0 aliphatic heterocycles. The first-order chi connectivity index (χ1) is 27.8. The molecule has 2 atom stereocenters. The van der Waals surface area contributed by atoms with Crippen molar-refractivity contribution in [2.24, 2.45) is 5.73 Å². The van der Waals surface area contributed by atoms with Crippen LogP contribution < -0.4 is 5.73 Å². The lowest BCUT2D eigenvalue weighted by atomic mass is 10.0. The third-order valence-electron chi connectivity index (χ3n) is 10.0. The Hall–Kier alpha value is -1.77. The molecular weight excluding hydrogens is 737 g/mol. The summed E-state index contributed by atoms with van der Waals surface area (Å²) >= 11 is 0. The van der Waals surface area contributed by atoms with Gasteiger partial charge < -0.3 is 20.1 Å². The van der Waals surface area contributed by atoms with Gasteiger partial charge in [0.25, 0.3) is 0 Å². The second-order valence-electron chi connectivity index (χ2n) is 15.6. The highest BCUT2D eigenvalue weighted by atomic mass is 31.2. The molecule has 3 N–H and O–H groups in total. The van der Waals surface area contributed by atoms with E-state index in [1.165, 1.54) is 122 Å². The predicted octanol–water partition coefficient (Wildman–Crippen LogP) is 13.7. The number of allylic oxidation sites excluding steroid dienone is 6. The molecule has 0 saturated carbocycles. The molecule has 0 aliphatic carbocycles. The van der Waals surface area contributed by atoms with Crippen LogP contribution in [0.4, 0.5) is 0 Å². The van der Waals surface area contributed by atoms with Crippen LogP contribution in [0.1, 0.15) is 219 Å². The van der Waals surface area contributed by atoms with Crippen molar-refractivity contribution >= 4 is 19.8 Å². The predicted molar refractivity (Wildman–Crippen MR) is 238 cm³/mol. The van der Waals surface area contributed by atoms with Gasteiger partial charge in [0.2, 0.25) is 0 Å². The maximum Gasteiger partial charge on any atom is 0.472 e. The van der Waals surface area contributed by atoms with Gasteiger partial charge in [-0.2, -0.15) is 0 Å². The number of unbranched alkanes of at least 4 members (excludes halogenated alkanes) is 26. The highest BCUT2D eigenvalue weighted by Crippen LogP contribution is 2.43. The van der Waals surface area contributed by atoms with Crippen LogP contribution in [0.5, 0.6) is 0 Å². The first kappa shape index (κ1) is 55.2. The lowest BCUT2D eigenvalue weighted by Gasteiger charge is -2.19. The quantitative estimate of drug-likeness (QED) is 0.0202. The molecule has 0 aliphatic rings. The van der Waals surface area contributed by atoms with Gasteiger partial charge >= 0.3 is 19.8 Å². The van der Waals surface area contributed by atoms with E-state index >= 15 is 0 Å². The molecule has 0 aromatic carbocycles. The number of ether oxygens (including phenoxy) is 2. The molecule has 0 rings (SSSR count). The minimum atomic E-state index is -4.38. The fraction of sp³-hybridized carbons (Fsp3) is 0.830. The normalized spacial score (nSPS) is 13.5. The van der Waals surface area contributed by atoms with Gasteiger partial charge in [0, 0.05) is 19.4 Å². The largest absolute Gasteiger partial charge is 0.472 e. The Kier molecular flexibility index (Phi) is 42.4. The van der Waals surface area contributed by atoms with Crippen molar-refractivity contribution in [3.05, 3.63) is 36.5 Å². The van der Waals surface area contributed by atoms with Crippen LogP contribution in [-0.4, -0.2) is 49.3 Å². The molecular formula is C47H88NO8P. The molecule has 0 heterocycles. The first-order valence-electron chi connectivity index (χ1n) is 23.5. The van der Waals surface area contributed by atoms with Crippen LogP contribution in [-0.2, 0) is 32.7 Å². The maximum absolute atomic E-state index is 12.6. The summed E-state index contributed by atoms with van der Waals surface area (Å²) in [5.41, 5.74) is 5.35. The number of carbonyl (C=O) groups excluding carboxylic acids is 2. The Labute approximate surface area is 350 Å². The minimum absolute atomic E-state index is 0.0512. The first-order valence-corrected chi connectivity index (χ1v) is 25.0. The van der Waals surface area contributed by atoms with E-state index in [4.69, 9.17) is 24.3 Å². The third-order valence-corrected chi connectivity index (χ3v) is 11.0. The zero-order chi connectivity index (χ0) is 41.8. The molecule has 1 unspecified atom stereocenters. The van der Waals surface area contributed by atoms with Gasteiger partial charge in [0.15, 0.2) is 6.10 Å². The van der Waals surface area contributed by atoms with Crippen molar-refractivity contribution in [1.82, 2.24) is 0 Å². The average molecular weight is 826 g/mol. The molecule has 0 radical (unpaired) electrons. The molecule has 0 fully saturated rings. The second-order valence-corrected chi connectivity index (χ2v) is 17.1. The van der Waals surface area contributed by atoms with Gasteiger partial charge in [-0.1, -0.05) is 179 Å². The van der Waals surface area contributed by atoms with Gasteiger partial charge in [0.05, 0.1) is 13.2 Å². The molecule has 10 heteroatoms. The molecule has 334 valence electrons. The van der Waals surface area contributed by atoms with Crippen LogP contribution in [0.15, 0.2) is 36.5 Å². The summed E-state index contributed by atoms with van der Waals surface area (Å²) in [5.74, 6) is -0.842. The standard InChI is InChI=1S/C47H88NO8P/c1-3-5-7-9-11-13-15-17-19-20-21-22-23-24-26-28-30-32-34-36-38-40-47(50)56-45(44-55-57(51,52)54-42-41-48)43-53-46(49)39-37-35-33-31-29-27-25-18-16-14-12-10-8-6-4-2/h14,16-19,25,45H,3-13,15,20-24,26-44,48H2,1-2H3,(H,51,52)/b16-14+,19-17+,25-18+/t45-/m1/s1. The smallest absolute Gasteiger partial charge is 0.462 e. The Morgan fingerprint density at radius 1 is 0.526 bits per heavy atom. The lowest BCUT2D eigenvalue weighted by molar-refractivity contribution is -0.161. The summed E-state index contributed by atoms with van der Waals surface area (Å²) in [6.45, 7) is 3.71. The molecule has 57 heavy (non-hydrogen) atoms. The van der Waals surface area contributed by atoms with Crippen molar-refractivity contribution < 1.29 is 37.6 Å². The number of hydrogen-bond donors (Lipinski definition) is 2. The third kappa shape index (κ3) is 43.6. The van der Waals surface area contributed by atoms with Crippen LogP contribution >= 0.6 is 7.82 Å². The average Bonchev–Trinajstić information content (AvgIpc) is 3.20. The topological polar surface area (TPSA) is 134 Å². The van der Waals surface area contributed by atoms with E-state index in [-0.39, 0.29) is 32.6 Å². The number of hydrogen-bond acceptors (Lipinski definition) is 8. The van der Waals surface area contributed by atoms with E-state index < -0.39 is 32.5 Å². The number of esters is 2. The number of phosphoric acid groups is 1. The van der Waals surface area contributed by atoms with Gasteiger partial charge in [-0.3, -0.25) is 18.6 Å². The van der Waals surface area contributed by atoms with E-state index in [2.05, 4.69) is 50.3 Å². The molecule has 0 spiro atoms. The maximum atomic E-state index is 12.6. The fourth-order valence-corrected chi connectivity index (χ4v) is 7.27. The lowest BCUT2D eigenvalue weighted by Crippen LogP contribution is -2.29. The zero-order valence-corrected chi connectivity index (χ0v) is 37.7. The highest BCUT2D eigenvalue weighted by molar-refractivity contribution is 7.47. The van der Waals surface area contributed by atoms with Gasteiger partial charge in [-0.15, -0.1) is 0 Å². The van der Waals surface area contributed by atoms with Crippen molar-refractivity contribution in [3.8, 4) is 0 Å². The van der Waals surface area contributed by atoms with Crippen molar-refractivity contribution in [1.29, 1.82) is 0 Å². The molecule has 0 amide bonds. The summed E-state index contributed by atoms with van der Waals surface area (Å²) < 4.78 is 32.8. The SMILES string of the molecule is CCCCCC/C=C/C=C/CCCCCCCC(=O)OC[C@H](COP(=O)(O)OCCN)OC(=O)CCCCCCCCCCCCC/C=C/CCCCCCCC. The van der Waals surface area contributed by atoms with Gasteiger partial charge in [0.1, 0.15) is 6.61 Å². The summed E-state index contributed by atoms with van der Waals surface area (Å²) in [6.07, 6.45) is 48.9. The number of carbonyl (C=O) groups is 2. The van der Waals surface area contributed by atoms with Crippen molar-refractivity contribution in [3.63, 3.8) is 0 Å². The number of rotatable bonds is 44. The summed E-state index contributed by atoms with van der Waals surface area (Å²) in [4.78, 5) is 34.9. The molecule has 0 aromatic rings. The van der Waals surface area contributed by atoms with Crippen molar-refractivity contribution in [2.75, 3.05) is 26.4 Å². The van der Waals surface area contributed by atoms with Crippen LogP contribution in [0.2, 0.25) is 0 Å². The summed E-state index contributed by atoms with van der Waals surface area (Å²) in [6, 6.07) is 0. The number of phosphoric ester groups is 1. The Balaban J connectivity index is 4.10. The fourth-order valence-electron chi connectivity index (χ4n) is 6.50. The second kappa shape index (κ2) is 43.8. The zero-order valence-electron chi connectivity index (χ0n) is 36.8. The Morgan fingerprint density at radius 2 is 0.912 bits per heavy atom. The molecule has 0 bridgehead atoms. The Bertz CT molecular complexity index is 1030. The summed E-state index contributed by atoms with van der Waals surface area (Å²) in [5, 5.41) is 0.